The first-order chi connectivity index (χ1) is 8.81. The summed E-state index contributed by atoms with van der Waals surface area (Å²) < 4.78 is 5.67. The molecule has 2 N–H and O–H groups in total. The Labute approximate surface area is 108 Å². The molecule has 94 valence electrons. The second-order valence-electron chi connectivity index (χ2n) is 4.33. The van der Waals surface area contributed by atoms with E-state index in [2.05, 4.69) is 43.3 Å². The van der Waals surface area contributed by atoms with Crippen molar-refractivity contribution in [3.63, 3.8) is 0 Å². The van der Waals surface area contributed by atoms with E-state index in [0.717, 1.165) is 12.2 Å². The number of rotatable bonds is 5. The molecule has 18 heavy (non-hydrogen) atoms. The van der Waals surface area contributed by atoms with E-state index in [1.165, 1.54) is 16.7 Å². The minimum atomic E-state index is 0.664. The summed E-state index contributed by atoms with van der Waals surface area (Å²) in [6.45, 7) is 3.46. The van der Waals surface area contributed by atoms with Crippen molar-refractivity contribution in [1.29, 1.82) is 0 Å². The molecule has 2 nitrogen and oxygen atoms in total. The molecule has 0 atom stereocenters. The maximum absolute atomic E-state index is 5.67. The van der Waals surface area contributed by atoms with Crippen molar-refractivity contribution < 1.29 is 4.74 Å². The van der Waals surface area contributed by atoms with Crippen LogP contribution in [0.1, 0.15) is 12.0 Å². The number of benzene rings is 2. The second kappa shape index (κ2) is 6.22. The van der Waals surface area contributed by atoms with Gasteiger partial charge in [0.05, 0.1) is 6.61 Å². The number of ether oxygens (including phenoxy) is 1. The molecule has 2 aromatic rings. The van der Waals surface area contributed by atoms with Gasteiger partial charge < -0.3 is 10.5 Å². The van der Waals surface area contributed by atoms with Crippen LogP contribution < -0.4 is 10.5 Å². The number of aryl methyl sites for hydroxylation is 1. The molecule has 0 amide bonds. The Hall–Kier alpha value is -1.80. The molecule has 2 rings (SSSR count). The molecule has 0 fully saturated rings. The summed E-state index contributed by atoms with van der Waals surface area (Å²) in [6, 6.07) is 16.6. The maximum Gasteiger partial charge on any atom is 0.119 e. The van der Waals surface area contributed by atoms with Gasteiger partial charge in [-0.1, -0.05) is 36.4 Å². The third-order valence-electron chi connectivity index (χ3n) is 2.91. The first-order valence-corrected chi connectivity index (χ1v) is 6.30. The van der Waals surface area contributed by atoms with Gasteiger partial charge in [-0.25, -0.2) is 0 Å². The van der Waals surface area contributed by atoms with E-state index >= 15 is 0 Å². The predicted molar refractivity (Wildman–Crippen MR) is 75.8 cm³/mol. The average Bonchev–Trinajstić information content (AvgIpc) is 2.40. The Balaban J connectivity index is 2.19. The van der Waals surface area contributed by atoms with Crippen molar-refractivity contribution in [3.05, 3.63) is 54.1 Å². The molecule has 0 heterocycles. The lowest BCUT2D eigenvalue weighted by Gasteiger charge is -2.09. The van der Waals surface area contributed by atoms with Gasteiger partial charge in [0.2, 0.25) is 0 Å². The van der Waals surface area contributed by atoms with E-state index in [1.54, 1.807) is 0 Å². The van der Waals surface area contributed by atoms with Crippen molar-refractivity contribution in [1.82, 2.24) is 0 Å². The summed E-state index contributed by atoms with van der Waals surface area (Å²) in [6.07, 6.45) is 0.884. The largest absolute Gasteiger partial charge is 0.494 e. The Morgan fingerprint density at radius 3 is 2.67 bits per heavy atom. The summed E-state index contributed by atoms with van der Waals surface area (Å²) in [4.78, 5) is 0. The zero-order valence-electron chi connectivity index (χ0n) is 10.7. The van der Waals surface area contributed by atoms with Crippen LogP contribution in [-0.4, -0.2) is 13.2 Å². The van der Waals surface area contributed by atoms with Crippen LogP contribution >= 0.6 is 0 Å². The van der Waals surface area contributed by atoms with Crippen LogP contribution in [0.5, 0.6) is 5.75 Å². The first-order valence-electron chi connectivity index (χ1n) is 6.30. The fraction of sp³-hybridized carbons (Fsp3) is 0.250. The SMILES string of the molecule is Cc1ccccc1-c1cccc(OCCCN)c1. The highest BCUT2D eigenvalue weighted by atomic mass is 16.5. The molecule has 0 aliphatic heterocycles. The van der Waals surface area contributed by atoms with Crippen LogP contribution in [0, 0.1) is 6.92 Å². The highest BCUT2D eigenvalue weighted by molar-refractivity contribution is 5.68. The van der Waals surface area contributed by atoms with Gasteiger partial charge in [0, 0.05) is 0 Å². The van der Waals surface area contributed by atoms with Crippen molar-refractivity contribution in [2.75, 3.05) is 13.2 Å². The lowest BCUT2D eigenvalue weighted by atomic mass is 10.0. The third kappa shape index (κ3) is 3.11. The molecule has 0 bridgehead atoms. The highest BCUT2D eigenvalue weighted by Gasteiger charge is 2.02. The molecule has 2 aromatic carbocycles. The topological polar surface area (TPSA) is 35.2 Å². The van der Waals surface area contributed by atoms with Crippen LogP contribution in [0.15, 0.2) is 48.5 Å². The second-order valence-corrected chi connectivity index (χ2v) is 4.33. The zero-order valence-corrected chi connectivity index (χ0v) is 10.7. The molecule has 0 unspecified atom stereocenters. The molecule has 0 spiro atoms. The van der Waals surface area contributed by atoms with Crippen molar-refractivity contribution in [2.45, 2.75) is 13.3 Å². The Bertz CT molecular complexity index is 508. The quantitative estimate of drug-likeness (QED) is 0.814. The molecule has 0 saturated carbocycles. The van der Waals surface area contributed by atoms with Gasteiger partial charge in [-0.2, -0.15) is 0 Å². The van der Waals surface area contributed by atoms with Crippen LogP contribution in [0.4, 0.5) is 0 Å². The average molecular weight is 241 g/mol. The molecule has 0 saturated heterocycles. The lowest BCUT2D eigenvalue weighted by Crippen LogP contribution is -2.06. The van der Waals surface area contributed by atoms with E-state index in [-0.39, 0.29) is 0 Å². The fourth-order valence-electron chi connectivity index (χ4n) is 1.92. The molecule has 0 radical (unpaired) electrons. The zero-order chi connectivity index (χ0) is 12.8. The van der Waals surface area contributed by atoms with Gasteiger partial charge in [-0.15, -0.1) is 0 Å². The van der Waals surface area contributed by atoms with Crippen LogP contribution in [0.2, 0.25) is 0 Å². The molecule has 0 aromatic heterocycles. The number of nitrogens with two attached hydrogens (primary N) is 1. The molecular formula is C16H19NO. The molecule has 0 aliphatic carbocycles. The maximum atomic E-state index is 5.67. The number of hydrogen-bond acceptors (Lipinski definition) is 2. The highest BCUT2D eigenvalue weighted by Crippen LogP contribution is 2.26. The van der Waals surface area contributed by atoms with Crippen molar-refractivity contribution >= 4 is 0 Å². The standard InChI is InChI=1S/C16H19NO/c1-13-6-2-3-9-16(13)14-7-4-8-15(12-14)18-11-5-10-17/h2-4,6-9,12H,5,10-11,17H2,1H3. The van der Waals surface area contributed by atoms with E-state index in [4.69, 9.17) is 10.5 Å². The van der Waals surface area contributed by atoms with Gasteiger partial charge in [-0.05, 0) is 48.7 Å². The Morgan fingerprint density at radius 1 is 1.06 bits per heavy atom. The van der Waals surface area contributed by atoms with Crippen molar-refractivity contribution in [2.24, 2.45) is 5.73 Å². The van der Waals surface area contributed by atoms with Crippen LogP contribution in [0.3, 0.4) is 0 Å². The first kappa shape index (κ1) is 12.7. The minimum absolute atomic E-state index is 0.664. The van der Waals surface area contributed by atoms with Gasteiger partial charge in [-0.3, -0.25) is 0 Å². The normalized spacial score (nSPS) is 10.3. The lowest BCUT2D eigenvalue weighted by molar-refractivity contribution is 0.313. The van der Waals surface area contributed by atoms with Crippen molar-refractivity contribution in [3.8, 4) is 16.9 Å². The Morgan fingerprint density at radius 2 is 1.89 bits per heavy atom. The molecule has 0 aliphatic rings. The summed E-state index contributed by atoms with van der Waals surface area (Å²) in [7, 11) is 0. The van der Waals surface area contributed by atoms with E-state index in [0.29, 0.717) is 13.2 Å². The van der Waals surface area contributed by atoms with Crippen LogP contribution in [-0.2, 0) is 0 Å². The van der Waals surface area contributed by atoms with Gasteiger partial charge >= 0.3 is 0 Å². The fourth-order valence-corrected chi connectivity index (χ4v) is 1.92. The monoisotopic (exact) mass is 241 g/mol. The van der Waals surface area contributed by atoms with E-state index in [1.807, 2.05) is 12.1 Å². The van der Waals surface area contributed by atoms with Gasteiger partial charge in [0.15, 0.2) is 0 Å². The minimum Gasteiger partial charge on any atom is -0.494 e. The summed E-state index contributed by atoms with van der Waals surface area (Å²) in [5.74, 6) is 0.907. The van der Waals surface area contributed by atoms with Gasteiger partial charge in [0.1, 0.15) is 5.75 Å². The van der Waals surface area contributed by atoms with E-state index < -0.39 is 0 Å². The number of hydrogen-bond donors (Lipinski definition) is 1. The summed E-state index contributed by atoms with van der Waals surface area (Å²) in [5.41, 5.74) is 9.17. The predicted octanol–water partition coefficient (Wildman–Crippen LogP) is 3.39. The summed E-state index contributed by atoms with van der Waals surface area (Å²) in [5, 5.41) is 0. The third-order valence-corrected chi connectivity index (χ3v) is 2.91. The smallest absolute Gasteiger partial charge is 0.119 e. The Kier molecular flexibility index (Phi) is 4.37. The summed E-state index contributed by atoms with van der Waals surface area (Å²) >= 11 is 0. The van der Waals surface area contributed by atoms with E-state index in [9.17, 15) is 0 Å². The van der Waals surface area contributed by atoms with Crippen LogP contribution in [0.25, 0.3) is 11.1 Å². The van der Waals surface area contributed by atoms with Gasteiger partial charge in [0.25, 0.3) is 0 Å². The molecule has 2 heteroatoms. The molecular weight excluding hydrogens is 222 g/mol.